The summed E-state index contributed by atoms with van der Waals surface area (Å²) in [5.41, 5.74) is -0.411. The zero-order chi connectivity index (χ0) is 14.0. The van der Waals surface area contributed by atoms with E-state index in [-0.39, 0.29) is 4.90 Å². The number of hydrogen-bond acceptors (Lipinski definition) is 2. The van der Waals surface area contributed by atoms with E-state index in [1.807, 2.05) is 4.72 Å². The first-order valence-corrected chi connectivity index (χ1v) is 6.60. The first kappa shape index (κ1) is 13.4. The molecule has 0 aliphatic carbocycles. The first-order chi connectivity index (χ1) is 8.88. The summed E-state index contributed by atoms with van der Waals surface area (Å²) >= 11 is 0. The molecular weight excluding hydrogens is 279 g/mol. The summed E-state index contributed by atoms with van der Waals surface area (Å²) in [6.07, 6.45) is 0. The third-order valence-electron chi connectivity index (χ3n) is 2.28. The molecule has 3 nitrogen and oxygen atoms in total. The van der Waals surface area contributed by atoms with Gasteiger partial charge >= 0.3 is 0 Å². The van der Waals surface area contributed by atoms with Gasteiger partial charge in [-0.3, -0.25) is 4.72 Å². The molecule has 19 heavy (non-hydrogen) atoms. The number of sulfonamides is 1. The topological polar surface area (TPSA) is 46.2 Å². The van der Waals surface area contributed by atoms with Gasteiger partial charge in [0.25, 0.3) is 10.0 Å². The van der Waals surface area contributed by atoms with Crippen molar-refractivity contribution in [2.45, 2.75) is 4.90 Å². The maximum Gasteiger partial charge on any atom is 0.262 e. The van der Waals surface area contributed by atoms with Crippen LogP contribution in [-0.2, 0) is 10.0 Å². The Kier molecular flexibility index (Phi) is 3.48. The highest BCUT2D eigenvalue weighted by Gasteiger charge is 2.17. The zero-order valence-corrected chi connectivity index (χ0v) is 10.2. The Morgan fingerprint density at radius 1 is 0.895 bits per heavy atom. The van der Waals surface area contributed by atoms with Gasteiger partial charge in [-0.15, -0.1) is 0 Å². The van der Waals surface area contributed by atoms with Crippen LogP contribution < -0.4 is 4.72 Å². The summed E-state index contributed by atoms with van der Waals surface area (Å²) in [7, 11) is -4.12. The summed E-state index contributed by atoms with van der Waals surface area (Å²) in [5.74, 6) is -2.62. The lowest BCUT2D eigenvalue weighted by atomic mass is 10.3. The molecule has 0 radical (unpaired) electrons. The highest BCUT2D eigenvalue weighted by atomic mass is 32.2. The van der Waals surface area contributed by atoms with Crippen LogP contribution in [0.1, 0.15) is 0 Å². The van der Waals surface area contributed by atoms with Gasteiger partial charge in [-0.05, 0) is 30.3 Å². The second-order valence-electron chi connectivity index (χ2n) is 3.69. The molecule has 0 saturated carbocycles. The second-order valence-corrected chi connectivity index (χ2v) is 5.37. The summed E-state index contributed by atoms with van der Waals surface area (Å²) in [4.78, 5) is -0.351. The Labute approximate surface area is 107 Å². The van der Waals surface area contributed by atoms with E-state index in [0.717, 1.165) is 30.3 Å². The largest absolute Gasteiger partial charge is 0.277 e. The molecule has 0 unspecified atom stereocenters. The summed E-state index contributed by atoms with van der Waals surface area (Å²) < 4.78 is 64.6. The van der Waals surface area contributed by atoms with Gasteiger partial charge < -0.3 is 0 Å². The van der Waals surface area contributed by atoms with Crippen LogP contribution in [0, 0.1) is 17.5 Å². The van der Waals surface area contributed by atoms with E-state index in [2.05, 4.69) is 0 Å². The number of anilines is 1. The van der Waals surface area contributed by atoms with Crippen LogP contribution in [-0.4, -0.2) is 8.42 Å². The Morgan fingerprint density at radius 2 is 1.58 bits per heavy atom. The van der Waals surface area contributed by atoms with Gasteiger partial charge in [-0.1, -0.05) is 6.07 Å². The lowest BCUT2D eigenvalue weighted by molar-refractivity contribution is 0.582. The summed E-state index contributed by atoms with van der Waals surface area (Å²) in [6.45, 7) is 0. The fourth-order valence-electron chi connectivity index (χ4n) is 1.41. The van der Waals surface area contributed by atoms with Crippen molar-refractivity contribution < 1.29 is 21.6 Å². The lowest BCUT2D eigenvalue weighted by Gasteiger charge is -2.08. The lowest BCUT2D eigenvalue weighted by Crippen LogP contribution is -2.14. The van der Waals surface area contributed by atoms with Gasteiger partial charge in [0.05, 0.1) is 10.6 Å². The average molecular weight is 287 g/mol. The Morgan fingerprint density at radius 3 is 2.21 bits per heavy atom. The molecule has 0 amide bonds. The van der Waals surface area contributed by atoms with Crippen molar-refractivity contribution >= 4 is 15.7 Å². The minimum Gasteiger partial charge on any atom is -0.277 e. The van der Waals surface area contributed by atoms with E-state index in [9.17, 15) is 21.6 Å². The molecule has 0 spiro atoms. The van der Waals surface area contributed by atoms with E-state index < -0.39 is 33.2 Å². The molecule has 0 heterocycles. The molecule has 2 rings (SSSR count). The van der Waals surface area contributed by atoms with Gasteiger partial charge in [0.2, 0.25) is 0 Å². The average Bonchev–Trinajstić information content (AvgIpc) is 2.33. The van der Waals surface area contributed by atoms with Crippen LogP contribution in [0.25, 0.3) is 0 Å². The molecule has 0 saturated heterocycles. The number of benzene rings is 2. The van der Waals surface area contributed by atoms with Crippen LogP contribution in [0.3, 0.4) is 0 Å². The summed E-state index contributed by atoms with van der Waals surface area (Å²) in [6, 6.07) is 6.65. The van der Waals surface area contributed by atoms with Crippen molar-refractivity contribution in [1.29, 1.82) is 0 Å². The molecule has 0 atom stereocenters. The standard InChI is InChI=1S/C12H8F3NO2S/c13-8-2-1-3-10(6-8)19(17,18)16-12-5-4-9(14)7-11(12)15/h1-7,16H. The van der Waals surface area contributed by atoms with Crippen molar-refractivity contribution in [2.75, 3.05) is 4.72 Å². The number of halogens is 3. The van der Waals surface area contributed by atoms with E-state index in [0.29, 0.717) is 6.07 Å². The molecule has 0 fully saturated rings. The zero-order valence-electron chi connectivity index (χ0n) is 9.40. The fraction of sp³-hybridized carbons (Fsp3) is 0. The third kappa shape index (κ3) is 3.05. The Hall–Kier alpha value is -2.02. The minimum absolute atomic E-state index is 0.351. The molecule has 0 aliphatic rings. The van der Waals surface area contributed by atoms with E-state index in [1.165, 1.54) is 6.07 Å². The van der Waals surface area contributed by atoms with Crippen LogP contribution in [0.2, 0.25) is 0 Å². The molecule has 0 bridgehead atoms. The van der Waals surface area contributed by atoms with Gasteiger partial charge in [-0.25, -0.2) is 21.6 Å². The third-order valence-corrected chi connectivity index (χ3v) is 3.65. The predicted molar refractivity (Wildman–Crippen MR) is 63.6 cm³/mol. The molecule has 2 aromatic carbocycles. The quantitative estimate of drug-likeness (QED) is 0.943. The highest BCUT2D eigenvalue weighted by Crippen LogP contribution is 2.20. The minimum atomic E-state index is -4.12. The Bertz CT molecular complexity index is 717. The van der Waals surface area contributed by atoms with Gasteiger partial charge in [0.15, 0.2) is 0 Å². The highest BCUT2D eigenvalue weighted by molar-refractivity contribution is 7.92. The van der Waals surface area contributed by atoms with E-state index >= 15 is 0 Å². The predicted octanol–water partition coefficient (Wildman–Crippen LogP) is 2.90. The van der Waals surface area contributed by atoms with Crippen LogP contribution >= 0.6 is 0 Å². The first-order valence-electron chi connectivity index (χ1n) is 5.12. The number of hydrogen-bond donors (Lipinski definition) is 1. The van der Waals surface area contributed by atoms with Crippen molar-refractivity contribution in [2.24, 2.45) is 0 Å². The maximum absolute atomic E-state index is 13.3. The maximum atomic E-state index is 13.3. The van der Waals surface area contributed by atoms with Crippen molar-refractivity contribution in [3.05, 3.63) is 59.9 Å². The van der Waals surface area contributed by atoms with Crippen LogP contribution in [0.5, 0.6) is 0 Å². The monoisotopic (exact) mass is 287 g/mol. The van der Waals surface area contributed by atoms with Gasteiger partial charge in [0.1, 0.15) is 17.5 Å². The summed E-state index contributed by atoms with van der Waals surface area (Å²) in [5, 5.41) is 0. The van der Waals surface area contributed by atoms with Crippen molar-refractivity contribution in [3.8, 4) is 0 Å². The molecule has 1 N–H and O–H groups in total. The SMILES string of the molecule is O=S(=O)(Nc1ccc(F)cc1F)c1cccc(F)c1. The smallest absolute Gasteiger partial charge is 0.262 e. The number of rotatable bonds is 3. The second kappa shape index (κ2) is 4.93. The van der Waals surface area contributed by atoms with Crippen molar-refractivity contribution in [1.82, 2.24) is 0 Å². The number of nitrogens with one attached hydrogen (secondary N) is 1. The molecule has 7 heteroatoms. The molecule has 2 aromatic rings. The van der Waals surface area contributed by atoms with Crippen LogP contribution in [0.4, 0.5) is 18.9 Å². The molecule has 0 aromatic heterocycles. The normalized spacial score (nSPS) is 11.3. The van der Waals surface area contributed by atoms with E-state index in [1.54, 1.807) is 0 Å². The van der Waals surface area contributed by atoms with E-state index in [4.69, 9.17) is 0 Å². The van der Waals surface area contributed by atoms with Gasteiger partial charge in [-0.2, -0.15) is 0 Å². The van der Waals surface area contributed by atoms with Crippen molar-refractivity contribution in [3.63, 3.8) is 0 Å². The van der Waals surface area contributed by atoms with Gasteiger partial charge in [0, 0.05) is 6.07 Å². The molecule has 100 valence electrons. The van der Waals surface area contributed by atoms with Crippen LogP contribution in [0.15, 0.2) is 47.4 Å². The molecular formula is C12H8F3NO2S. The Balaban J connectivity index is 2.36. The fourth-order valence-corrected chi connectivity index (χ4v) is 2.51. The molecule has 0 aliphatic heterocycles.